The van der Waals surface area contributed by atoms with Crippen LogP contribution in [-0.2, 0) is 6.54 Å². The van der Waals surface area contributed by atoms with Crippen molar-refractivity contribution in [1.82, 2.24) is 9.55 Å². The molecule has 56 valence electrons. The van der Waals surface area contributed by atoms with Crippen LogP contribution in [-0.4, -0.2) is 9.55 Å². The molecule has 0 radical (unpaired) electrons. The Kier molecular flexibility index (Phi) is 4.67. The van der Waals surface area contributed by atoms with Gasteiger partial charge in [-0.2, -0.15) is 0 Å². The molecular weight excluding hydrogens is 148 g/mol. The normalized spacial score (nSPS) is 9.70. The monoisotopic (exact) mass is 158 g/mol. The van der Waals surface area contributed by atoms with E-state index in [-0.39, 0.29) is 12.4 Å². The van der Waals surface area contributed by atoms with Crippen LogP contribution in [0.2, 0.25) is 0 Å². The number of nitrogens with zero attached hydrogens (tertiary/aromatic N) is 2. The van der Waals surface area contributed by atoms with Crippen molar-refractivity contribution in [1.29, 1.82) is 0 Å². The van der Waals surface area contributed by atoms with Crippen molar-refractivity contribution in [2.75, 3.05) is 0 Å². The molecule has 10 heavy (non-hydrogen) atoms. The van der Waals surface area contributed by atoms with E-state index >= 15 is 0 Å². The van der Waals surface area contributed by atoms with Crippen LogP contribution in [0.5, 0.6) is 0 Å². The number of aromatic nitrogens is 2. The molecule has 0 aliphatic carbocycles. The van der Waals surface area contributed by atoms with Crippen LogP contribution in [0.4, 0.5) is 0 Å². The van der Waals surface area contributed by atoms with Crippen LogP contribution in [0, 0.1) is 0 Å². The third-order valence-corrected chi connectivity index (χ3v) is 1.11. The molecule has 0 fully saturated rings. The van der Waals surface area contributed by atoms with E-state index in [4.69, 9.17) is 0 Å². The van der Waals surface area contributed by atoms with Crippen LogP contribution in [0.15, 0.2) is 30.9 Å². The molecule has 0 aromatic carbocycles. The number of imidazole rings is 1. The summed E-state index contributed by atoms with van der Waals surface area (Å²) in [4.78, 5) is 3.90. The minimum Gasteiger partial charge on any atom is -0.334 e. The molecule has 0 aliphatic rings. The molecule has 1 rings (SSSR count). The third-order valence-electron chi connectivity index (χ3n) is 1.11. The second-order valence-corrected chi connectivity index (χ2v) is 1.83. The fourth-order valence-electron chi connectivity index (χ4n) is 0.622. The summed E-state index contributed by atoms with van der Waals surface area (Å²) in [5.41, 5.74) is 0. The highest BCUT2D eigenvalue weighted by Crippen LogP contribution is 1.85. The van der Waals surface area contributed by atoms with Crippen molar-refractivity contribution in [3.8, 4) is 0 Å². The molecule has 0 aliphatic heterocycles. The Morgan fingerprint density at radius 3 is 2.90 bits per heavy atom. The molecule has 3 heteroatoms. The summed E-state index contributed by atoms with van der Waals surface area (Å²) in [6.45, 7) is 2.94. The molecule has 0 N–H and O–H groups in total. The first-order chi connectivity index (χ1) is 4.43. The molecule has 0 spiro atoms. The van der Waals surface area contributed by atoms with E-state index in [1.165, 1.54) is 0 Å². The number of hydrogen-bond donors (Lipinski definition) is 0. The third kappa shape index (κ3) is 2.69. The lowest BCUT2D eigenvalue weighted by molar-refractivity contribution is 0.819. The van der Waals surface area contributed by atoms with Gasteiger partial charge in [0.15, 0.2) is 0 Å². The molecule has 0 unspecified atom stereocenters. The van der Waals surface area contributed by atoms with Crippen molar-refractivity contribution in [2.45, 2.75) is 13.5 Å². The van der Waals surface area contributed by atoms with Gasteiger partial charge in [-0.3, -0.25) is 0 Å². The summed E-state index contributed by atoms with van der Waals surface area (Å²) in [5.74, 6) is 0. The van der Waals surface area contributed by atoms with Crippen molar-refractivity contribution in [3.63, 3.8) is 0 Å². The fraction of sp³-hybridized carbons (Fsp3) is 0.286. The van der Waals surface area contributed by atoms with Crippen LogP contribution >= 0.6 is 12.4 Å². The maximum absolute atomic E-state index is 3.90. The Bertz CT molecular complexity index is 179. The van der Waals surface area contributed by atoms with E-state index in [9.17, 15) is 0 Å². The standard InChI is InChI=1S/C7H10N2.ClH/c1-2-3-5-9-6-4-8-7-9;/h2-4,6-7H,5H2,1H3;1H. The van der Waals surface area contributed by atoms with Gasteiger partial charge in [0.1, 0.15) is 0 Å². The lowest BCUT2D eigenvalue weighted by Crippen LogP contribution is -1.88. The Morgan fingerprint density at radius 2 is 2.40 bits per heavy atom. The van der Waals surface area contributed by atoms with Gasteiger partial charge in [-0.15, -0.1) is 12.4 Å². The smallest absolute Gasteiger partial charge is 0.0948 e. The van der Waals surface area contributed by atoms with Gasteiger partial charge < -0.3 is 4.57 Å². The maximum atomic E-state index is 3.90. The topological polar surface area (TPSA) is 17.8 Å². The first-order valence-electron chi connectivity index (χ1n) is 3.00. The Hall–Kier alpha value is -0.760. The molecule has 0 amide bonds. The summed E-state index contributed by atoms with van der Waals surface area (Å²) >= 11 is 0. The van der Waals surface area contributed by atoms with Gasteiger partial charge in [0, 0.05) is 18.9 Å². The summed E-state index contributed by atoms with van der Waals surface area (Å²) < 4.78 is 2.01. The van der Waals surface area contributed by atoms with Gasteiger partial charge in [0.25, 0.3) is 0 Å². The van der Waals surface area contributed by atoms with Crippen LogP contribution < -0.4 is 0 Å². The summed E-state index contributed by atoms with van der Waals surface area (Å²) in [6, 6.07) is 0. The van der Waals surface area contributed by atoms with Crippen molar-refractivity contribution in [3.05, 3.63) is 30.9 Å². The molecule has 2 nitrogen and oxygen atoms in total. The zero-order chi connectivity index (χ0) is 6.53. The van der Waals surface area contributed by atoms with Crippen LogP contribution in [0.25, 0.3) is 0 Å². The minimum atomic E-state index is 0. The molecule has 1 aromatic heterocycles. The second kappa shape index (κ2) is 5.06. The predicted molar refractivity (Wildman–Crippen MR) is 44.3 cm³/mol. The van der Waals surface area contributed by atoms with Gasteiger partial charge in [-0.1, -0.05) is 12.2 Å². The number of halogens is 1. The zero-order valence-electron chi connectivity index (χ0n) is 5.90. The maximum Gasteiger partial charge on any atom is 0.0948 e. The van der Waals surface area contributed by atoms with E-state index in [2.05, 4.69) is 11.1 Å². The van der Waals surface area contributed by atoms with E-state index in [0.717, 1.165) is 6.54 Å². The lowest BCUT2D eigenvalue weighted by atomic mass is 10.5. The van der Waals surface area contributed by atoms with E-state index in [1.807, 2.05) is 23.8 Å². The minimum absolute atomic E-state index is 0. The van der Waals surface area contributed by atoms with Crippen LogP contribution in [0.3, 0.4) is 0 Å². The van der Waals surface area contributed by atoms with Gasteiger partial charge in [0.05, 0.1) is 6.33 Å². The molecule has 0 atom stereocenters. The van der Waals surface area contributed by atoms with Gasteiger partial charge in [0.2, 0.25) is 0 Å². The highest BCUT2D eigenvalue weighted by molar-refractivity contribution is 5.85. The quantitative estimate of drug-likeness (QED) is 0.601. The van der Waals surface area contributed by atoms with Crippen LogP contribution in [0.1, 0.15) is 6.92 Å². The van der Waals surface area contributed by atoms with Gasteiger partial charge >= 0.3 is 0 Å². The van der Waals surface area contributed by atoms with Crippen molar-refractivity contribution >= 4 is 12.4 Å². The lowest BCUT2D eigenvalue weighted by Gasteiger charge is -1.91. The molecule has 0 saturated carbocycles. The molecule has 0 bridgehead atoms. The average molecular weight is 159 g/mol. The number of allylic oxidation sites excluding steroid dienone is 2. The van der Waals surface area contributed by atoms with Crippen molar-refractivity contribution in [2.24, 2.45) is 0 Å². The highest BCUT2D eigenvalue weighted by atomic mass is 35.5. The largest absolute Gasteiger partial charge is 0.334 e. The first kappa shape index (κ1) is 9.24. The highest BCUT2D eigenvalue weighted by Gasteiger charge is 1.80. The Balaban J connectivity index is 0.000000810. The van der Waals surface area contributed by atoms with Crippen molar-refractivity contribution < 1.29 is 0 Å². The number of rotatable bonds is 2. The fourth-order valence-corrected chi connectivity index (χ4v) is 0.622. The first-order valence-corrected chi connectivity index (χ1v) is 3.00. The van der Waals surface area contributed by atoms with E-state index in [1.54, 1.807) is 12.5 Å². The Labute approximate surface area is 67.0 Å². The summed E-state index contributed by atoms with van der Waals surface area (Å²) in [7, 11) is 0. The molecular formula is C7H11ClN2. The van der Waals surface area contributed by atoms with Gasteiger partial charge in [-0.25, -0.2) is 4.98 Å². The SMILES string of the molecule is CC=CCn1ccnc1.Cl. The second-order valence-electron chi connectivity index (χ2n) is 1.83. The molecule has 1 heterocycles. The zero-order valence-corrected chi connectivity index (χ0v) is 6.71. The Morgan fingerprint density at radius 1 is 1.60 bits per heavy atom. The number of hydrogen-bond acceptors (Lipinski definition) is 1. The molecule has 1 aromatic rings. The molecule has 0 saturated heterocycles. The van der Waals surface area contributed by atoms with Gasteiger partial charge in [-0.05, 0) is 6.92 Å². The predicted octanol–water partition coefficient (Wildman–Crippen LogP) is 1.88. The summed E-state index contributed by atoms with van der Waals surface area (Å²) in [5, 5.41) is 0. The van der Waals surface area contributed by atoms with E-state index < -0.39 is 0 Å². The van der Waals surface area contributed by atoms with E-state index in [0.29, 0.717) is 0 Å². The summed E-state index contributed by atoms with van der Waals surface area (Å²) in [6.07, 6.45) is 9.64. The average Bonchev–Trinajstić information content (AvgIpc) is 2.34.